The number of aromatic nitrogens is 2. The zero-order valence-electron chi connectivity index (χ0n) is 12.1. The average molecular weight is 272 g/mol. The van der Waals surface area contributed by atoms with Crippen molar-refractivity contribution in [3.05, 3.63) is 36.7 Å². The van der Waals surface area contributed by atoms with E-state index in [9.17, 15) is 0 Å². The Morgan fingerprint density at radius 3 is 2.50 bits per heavy atom. The predicted octanol–water partition coefficient (Wildman–Crippen LogP) is 3.44. The number of anilines is 3. The summed E-state index contributed by atoms with van der Waals surface area (Å²) in [5, 5.41) is 6.57. The van der Waals surface area contributed by atoms with E-state index < -0.39 is 0 Å². The van der Waals surface area contributed by atoms with Gasteiger partial charge in [-0.25, -0.2) is 9.97 Å². The third-order valence-corrected chi connectivity index (χ3v) is 3.04. The molecule has 5 nitrogen and oxygen atoms in total. The highest BCUT2D eigenvalue weighted by atomic mass is 16.5. The summed E-state index contributed by atoms with van der Waals surface area (Å²) in [5.41, 5.74) is 0.957. The van der Waals surface area contributed by atoms with Gasteiger partial charge < -0.3 is 15.4 Å². The highest BCUT2D eigenvalue weighted by molar-refractivity contribution is 5.59. The number of nitrogens with one attached hydrogen (secondary N) is 2. The molecule has 0 fully saturated rings. The zero-order chi connectivity index (χ0) is 14.4. The minimum absolute atomic E-state index is 0.388. The van der Waals surface area contributed by atoms with Crippen LogP contribution < -0.4 is 15.4 Å². The largest absolute Gasteiger partial charge is 0.497 e. The molecule has 0 spiro atoms. The van der Waals surface area contributed by atoms with Crippen LogP contribution in [-0.4, -0.2) is 23.1 Å². The molecule has 0 bridgehead atoms. The molecule has 1 atom stereocenters. The maximum atomic E-state index is 5.13. The summed E-state index contributed by atoms with van der Waals surface area (Å²) in [6.45, 7) is 4.26. The average Bonchev–Trinajstić information content (AvgIpc) is 2.48. The zero-order valence-corrected chi connectivity index (χ0v) is 12.1. The molecule has 0 saturated carbocycles. The first-order valence-electron chi connectivity index (χ1n) is 6.71. The summed E-state index contributed by atoms with van der Waals surface area (Å²) < 4.78 is 5.13. The van der Waals surface area contributed by atoms with E-state index in [1.165, 1.54) is 0 Å². The minimum atomic E-state index is 0.388. The van der Waals surface area contributed by atoms with Gasteiger partial charge in [-0.2, -0.15) is 0 Å². The van der Waals surface area contributed by atoms with Crippen LogP contribution in [0.2, 0.25) is 0 Å². The Kier molecular flexibility index (Phi) is 4.76. The summed E-state index contributed by atoms with van der Waals surface area (Å²) in [6.07, 6.45) is 2.60. The Labute approximate surface area is 119 Å². The molecular weight excluding hydrogens is 252 g/mol. The number of benzene rings is 1. The van der Waals surface area contributed by atoms with E-state index in [-0.39, 0.29) is 0 Å². The molecule has 2 aromatic rings. The summed E-state index contributed by atoms with van der Waals surface area (Å²) in [7, 11) is 1.65. The number of nitrogens with zero attached hydrogens (tertiary/aromatic N) is 2. The summed E-state index contributed by atoms with van der Waals surface area (Å²) >= 11 is 0. The van der Waals surface area contributed by atoms with E-state index in [2.05, 4.69) is 34.4 Å². The van der Waals surface area contributed by atoms with Gasteiger partial charge in [0.1, 0.15) is 23.7 Å². The molecule has 0 saturated heterocycles. The van der Waals surface area contributed by atoms with Crippen LogP contribution in [-0.2, 0) is 0 Å². The van der Waals surface area contributed by atoms with Crippen molar-refractivity contribution in [1.29, 1.82) is 0 Å². The second kappa shape index (κ2) is 6.75. The molecule has 5 heteroatoms. The van der Waals surface area contributed by atoms with E-state index >= 15 is 0 Å². The van der Waals surface area contributed by atoms with Crippen molar-refractivity contribution in [3.63, 3.8) is 0 Å². The van der Waals surface area contributed by atoms with Gasteiger partial charge in [-0.3, -0.25) is 0 Å². The number of rotatable bonds is 6. The highest BCUT2D eigenvalue weighted by Crippen LogP contribution is 2.19. The van der Waals surface area contributed by atoms with Gasteiger partial charge >= 0.3 is 0 Å². The topological polar surface area (TPSA) is 59.1 Å². The van der Waals surface area contributed by atoms with Crippen LogP contribution in [0.25, 0.3) is 0 Å². The van der Waals surface area contributed by atoms with E-state index in [4.69, 9.17) is 4.74 Å². The first-order chi connectivity index (χ1) is 9.71. The fourth-order valence-corrected chi connectivity index (χ4v) is 1.68. The van der Waals surface area contributed by atoms with E-state index in [0.717, 1.165) is 29.5 Å². The normalized spacial score (nSPS) is 11.8. The van der Waals surface area contributed by atoms with Crippen molar-refractivity contribution in [2.75, 3.05) is 17.7 Å². The van der Waals surface area contributed by atoms with Crippen molar-refractivity contribution in [2.24, 2.45) is 0 Å². The molecule has 106 valence electrons. The van der Waals surface area contributed by atoms with Crippen molar-refractivity contribution in [3.8, 4) is 5.75 Å². The maximum absolute atomic E-state index is 5.13. The van der Waals surface area contributed by atoms with Gasteiger partial charge in [0, 0.05) is 17.8 Å². The number of hydrogen-bond acceptors (Lipinski definition) is 5. The second-order valence-electron chi connectivity index (χ2n) is 4.60. The summed E-state index contributed by atoms with van der Waals surface area (Å²) in [6, 6.07) is 9.99. The molecule has 1 unspecified atom stereocenters. The van der Waals surface area contributed by atoms with Crippen LogP contribution in [0.4, 0.5) is 17.3 Å². The molecule has 0 aliphatic heterocycles. The lowest BCUT2D eigenvalue weighted by Gasteiger charge is -2.13. The Morgan fingerprint density at radius 1 is 1.15 bits per heavy atom. The first kappa shape index (κ1) is 14.1. The van der Waals surface area contributed by atoms with Crippen LogP contribution in [0.1, 0.15) is 20.3 Å². The molecule has 0 radical (unpaired) electrons. The van der Waals surface area contributed by atoms with Crippen molar-refractivity contribution < 1.29 is 4.74 Å². The lowest BCUT2D eigenvalue weighted by molar-refractivity contribution is 0.415. The Bertz CT molecular complexity index is 542. The highest BCUT2D eigenvalue weighted by Gasteiger charge is 2.03. The smallest absolute Gasteiger partial charge is 0.135 e. The van der Waals surface area contributed by atoms with E-state index in [1.807, 2.05) is 30.3 Å². The molecule has 20 heavy (non-hydrogen) atoms. The molecular formula is C15H20N4O. The third-order valence-electron chi connectivity index (χ3n) is 3.04. The first-order valence-corrected chi connectivity index (χ1v) is 6.71. The molecule has 0 aliphatic rings. The lowest BCUT2D eigenvalue weighted by Crippen LogP contribution is -2.14. The van der Waals surface area contributed by atoms with Gasteiger partial charge in [0.15, 0.2) is 0 Å². The standard InChI is InChI=1S/C15H20N4O/c1-4-11(2)18-14-9-15(17-10-16-14)19-12-5-7-13(20-3)8-6-12/h5-11H,4H2,1-3H3,(H2,16,17,18,19). The van der Waals surface area contributed by atoms with Gasteiger partial charge in [0.25, 0.3) is 0 Å². The van der Waals surface area contributed by atoms with Gasteiger partial charge in [-0.15, -0.1) is 0 Å². The van der Waals surface area contributed by atoms with Crippen LogP contribution in [0, 0.1) is 0 Å². The van der Waals surface area contributed by atoms with Crippen molar-refractivity contribution >= 4 is 17.3 Å². The molecule has 1 aromatic heterocycles. The second-order valence-corrected chi connectivity index (χ2v) is 4.60. The maximum Gasteiger partial charge on any atom is 0.135 e. The van der Waals surface area contributed by atoms with Gasteiger partial charge in [-0.05, 0) is 37.6 Å². The van der Waals surface area contributed by atoms with Crippen LogP contribution in [0.3, 0.4) is 0 Å². The van der Waals surface area contributed by atoms with Crippen LogP contribution in [0.15, 0.2) is 36.7 Å². The monoisotopic (exact) mass is 272 g/mol. The molecule has 1 heterocycles. The van der Waals surface area contributed by atoms with Crippen LogP contribution in [0.5, 0.6) is 5.75 Å². The Hall–Kier alpha value is -2.30. The van der Waals surface area contributed by atoms with E-state index in [1.54, 1.807) is 13.4 Å². The quantitative estimate of drug-likeness (QED) is 0.843. The molecule has 0 amide bonds. The van der Waals surface area contributed by atoms with Crippen LogP contribution >= 0.6 is 0 Å². The summed E-state index contributed by atoms with van der Waals surface area (Å²) in [4.78, 5) is 8.43. The van der Waals surface area contributed by atoms with Crippen molar-refractivity contribution in [1.82, 2.24) is 9.97 Å². The van der Waals surface area contributed by atoms with E-state index in [0.29, 0.717) is 6.04 Å². The lowest BCUT2D eigenvalue weighted by atomic mass is 10.2. The third kappa shape index (κ3) is 3.85. The van der Waals surface area contributed by atoms with Gasteiger partial charge in [0.2, 0.25) is 0 Å². The number of hydrogen-bond donors (Lipinski definition) is 2. The fraction of sp³-hybridized carbons (Fsp3) is 0.333. The molecule has 2 rings (SSSR count). The SMILES string of the molecule is CCC(C)Nc1cc(Nc2ccc(OC)cc2)ncn1. The predicted molar refractivity (Wildman–Crippen MR) is 81.7 cm³/mol. The fourth-order valence-electron chi connectivity index (χ4n) is 1.68. The molecule has 0 aliphatic carbocycles. The van der Waals surface area contributed by atoms with Crippen molar-refractivity contribution in [2.45, 2.75) is 26.3 Å². The minimum Gasteiger partial charge on any atom is -0.497 e. The number of methoxy groups -OCH3 is 1. The Balaban J connectivity index is 2.06. The summed E-state index contributed by atoms with van der Waals surface area (Å²) in [5.74, 6) is 2.42. The number of ether oxygens (including phenoxy) is 1. The van der Waals surface area contributed by atoms with Gasteiger partial charge in [0.05, 0.1) is 7.11 Å². The molecule has 1 aromatic carbocycles. The Morgan fingerprint density at radius 2 is 1.85 bits per heavy atom. The molecule has 2 N–H and O–H groups in total. The van der Waals surface area contributed by atoms with Gasteiger partial charge in [-0.1, -0.05) is 6.92 Å².